The van der Waals surface area contributed by atoms with Gasteiger partial charge < -0.3 is 14.4 Å². The van der Waals surface area contributed by atoms with Crippen molar-refractivity contribution in [3.8, 4) is 5.75 Å². The fourth-order valence-corrected chi connectivity index (χ4v) is 3.43. The third-order valence-electron chi connectivity index (χ3n) is 4.91. The molecule has 0 saturated carbocycles. The fraction of sp³-hybridized carbons (Fsp3) is 0.500. The number of benzene rings is 1. The van der Waals surface area contributed by atoms with E-state index in [1.54, 1.807) is 0 Å². The Bertz CT molecular complexity index is 775. The zero-order chi connectivity index (χ0) is 17.4. The van der Waals surface area contributed by atoms with Crippen LogP contribution in [0.15, 0.2) is 24.3 Å². The second-order valence-corrected chi connectivity index (χ2v) is 6.50. The van der Waals surface area contributed by atoms with Gasteiger partial charge in [-0.3, -0.25) is 9.89 Å². The van der Waals surface area contributed by atoms with E-state index >= 15 is 0 Å². The Balaban J connectivity index is 1.47. The second-order valence-electron chi connectivity index (χ2n) is 6.50. The van der Waals surface area contributed by atoms with Crippen LogP contribution in [-0.2, 0) is 16.0 Å². The monoisotopic (exact) mass is 342 g/mol. The Kier molecular flexibility index (Phi) is 4.17. The number of carbonyl (C=O) groups is 1. The summed E-state index contributed by atoms with van der Waals surface area (Å²) in [6.45, 7) is 5.53. The molecule has 3 atom stereocenters. The van der Waals surface area contributed by atoms with Gasteiger partial charge in [0.1, 0.15) is 17.7 Å². The van der Waals surface area contributed by atoms with E-state index < -0.39 is 6.10 Å². The van der Waals surface area contributed by atoms with Crippen LogP contribution < -0.4 is 4.74 Å². The zero-order valence-electron chi connectivity index (χ0n) is 14.4. The lowest BCUT2D eigenvalue weighted by Gasteiger charge is -2.33. The fourth-order valence-electron chi connectivity index (χ4n) is 3.43. The Hall–Kier alpha value is -2.41. The predicted molar refractivity (Wildman–Crippen MR) is 90.3 cm³/mol. The van der Waals surface area contributed by atoms with E-state index in [2.05, 4.69) is 15.2 Å². The summed E-state index contributed by atoms with van der Waals surface area (Å²) in [5.41, 5.74) is 1.09. The molecule has 7 heteroatoms. The van der Waals surface area contributed by atoms with Gasteiger partial charge in [0.25, 0.3) is 5.91 Å². The molecular weight excluding hydrogens is 320 g/mol. The maximum Gasteiger partial charge on any atom is 0.264 e. The number of aryl methyl sites for hydroxylation is 1. The minimum absolute atomic E-state index is 0.00301. The number of fused-ring (bicyclic) bond motifs is 1. The summed E-state index contributed by atoms with van der Waals surface area (Å²) in [5, 5.41) is 7.12. The van der Waals surface area contributed by atoms with Crippen LogP contribution in [0.4, 0.5) is 0 Å². The van der Waals surface area contributed by atoms with Gasteiger partial charge in [-0.05, 0) is 6.07 Å². The Morgan fingerprint density at radius 3 is 3.00 bits per heavy atom. The number of nitrogens with one attached hydrogen (secondary N) is 1. The summed E-state index contributed by atoms with van der Waals surface area (Å²) in [7, 11) is 0. The minimum atomic E-state index is -0.477. The summed E-state index contributed by atoms with van der Waals surface area (Å²) >= 11 is 0. The molecule has 2 aliphatic rings. The molecule has 1 amide bonds. The van der Waals surface area contributed by atoms with Crippen molar-refractivity contribution in [3.05, 3.63) is 41.5 Å². The average molecular weight is 342 g/mol. The number of nitrogens with zero attached hydrogens (tertiary/aromatic N) is 3. The van der Waals surface area contributed by atoms with Gasteiger partial charge in [-0.1, -0.05) is 32.0 Å². The molecule has 0 radical (unpaired) electrons. The average Bonchev–Trinajstić information content (AvgIpc) is 3.26. The summed E-state index contributed by atoms with van der Waals surface area (Å²) in [5.74, 6) is 2.28. The van der Waals surface area contributed by atoms with Crippen molar-refractivity contribution in [2.24, 2.45) is 0 Å². The van der Waals surface area contributed by atoms with E-state index in [0.717, 1.165) is 23.6 Å². The zero-order valence-corrected chi connectivity index (χ0v) is 14.4. The van der Waals surface area contributed by atoms with E-state index in [9.17, 15) is 4.79 Å². The molecule has 3 heterocycles. The Labute approximate surface area is 146 Å². The van der Waals surface area contributed by atoms with Crippen LogP contribution in [-0.4, -0.2) is 51.8 Å². The van der Waals surface area contributed by atoms with Gasteiger partial charge in [0.15, 0.2) is 11.9 Å². The topological polar surface area (TPSA) is 80.3 Å². The second kappa shape index (κ2) is 6.48. The molecule has 0 aliphatic carbocycles. The van der Waals surface area contributed by atoms with Gasteiger partial charge in [0.2, 0.25) is 0 Å². The van der Waals surface area contributed by atoms with E-state index in [1.807, 2.05) is 43.0 Å². The first-order valence-electron chi connectivity index (χ1n) is 8.74. The molecule has 2 aliphatic heterocycles. The minimum Gasteiger partial charge on any atom is -0.480 e. The van der Waals surface area contributed by atoms with Crippen molar-refractivity contribution in [1.29, 1.82) is 0 Å². The van der Waals surface area contributed by atoms with Gasteiger partial charge in [0.05, 0.1) is 13.2 Å². The molecule has 1 N–H and O–H groups in total. The number of H-pyrrole nitrogens is 1. The van der Waals surface area contributed by atoms with Crippen molar-refractivity contribution in [2.45, 2.75) is 38.4 Å². The van der Waals surface area contributed by atoms with E-state index in [0.29, 0.717) is 25.5 Å². The molecular formula is C18H22N4O3. The maximum atomic E-state index is 13.0. The number of aromatic nitrogens is 3. The maximum absolute atomic E-state index is 13.0. The van der Waals surface area contributed by atoms with Gasteiger partial charge in [-0.25, -0.2) is 4.98 Å². The first-order valence-corrected chi connectivity index (χ1v) is 8.74. The number of rotatable bonds is 3. The molecule has 1 aromatic heterocycles. The van der Waals surface area contributed by atoms with Gasteiger partial charge >= 0.3 is 0 Å². The van der Waals surface area contributed by atoms with Crippen LogP contribution in [0.2, 0.25) is 0 Å². The van der Waals surface area contributed by atoms with Gasteiger partial charge in [-0.2, -0.15) is 5.10 Å². The van der Waals surface area contributed by atoms with Crippen LogP contribution in [0.1, 0.15) is 43.1 Å². The van der Waals surface area contributed by atoms with E-state index in [4.69, 9.17) is 9.47 Å². The molecule has 0 unspecified atom stereocenters. The van der Waals surface area contributed by atoms with Crippen molar-refractivity contribution in [2.75, 3.05) is 19.7 Å². The van der Waals surface area contributed by atoms with Crippen LogP contribution >= 0.6 is 0 Å². The first kappa shape index (κ1) is 16.1. The number of aromatic amines is 1. The highest BCUT2D eigenvalue weighted by Crippen LogP contribution is 2.38. The van der Waals surface area contributed by atoms with Crippen molar-refractivity contribution >= 4 is 5.91 Å². The van der Waals surface area contributed by atoms with E-state index in [-0.39, 0.29) is 17.9 Å². The molecule has 132 valence electrons. The summed E-state index contributed by atoms with van der Waals surface area (Å²) < 4.78 is 11.7. The number of morpholine rings is 1. The van der Waals surface area contributed by atoms with Crippen LogP contribution in [0.5, 0.6) is 5.75 Å². The molecule has 1 fully saturated rings. The number of para-hydroxylation sites is 1. The summed E-state index contributed by atoms with van der Waals surface area (Å²) in [6.07, 6.45) is 0.0106. The molecule has 7 nitrogen and oxygen atoms in total. The lowest BCUT2D eigenvalue weighted by Crippen LogP contribution is -2.48. The normalized spacial score (nSPS) is 25.5. The van der Waals surface area contributed by atoms with Crippen LogP contribution in [0.25, 0.3) is 0 Å². The Morgan fingerprint density at radius 1 is 1.40 bits per heavy atom. The van der Waals surface area contributed by atoms with Crippen molar-refractivity contribution in [3.63, 3.8) is 0 Å². The quantitative estimate of drug-likeness (QED) is 0.920. The van der Waals surface area contributed by atoms with Gasteiger partial charge in [0, 0.05) is 24.4 Å². The molecule has 2 aromatic rings. The van der Waals surface area contributed by atoms with E-state index in [1.165, 1.54) is 0 Å². The predicted octanol–water partition coefficient (Wildman–Crippen LogP) is 1.83. The number of amides is 1. The Morgan fingerprint density at radius 2 is 2.24 bits per heavy atom. The highest BCUT2D eigenvalue weighted by atomic mass is 16.5. The molecule has 25 heavy (non-hydrogen) atoms. The molecule has 4 rings (SSSR count). The number of hydrogen-bond acceptors (Lipinski definition) is 5. The number of ether oxygens (including phenoxy) is 2. The lowest BCUT2D eigenvalue weighted by molar-refractivity contribution is -0.146. The number of hydrogen-bond donors (Lipinski definition) is 1. The number of carbonyl (C=O) groups excluding carboxylic acids is 1. The molecule has 1 aromatic carbocycles. The lowest BCUT2D eigenvalue weighted by atomic mass is 9.96. The van der Waals surface area contributed by atoms with Crippen LogP contribution in [0, 0.1) is 0 Å². The van der Waals surface area contributed by atoms with Crippen LogP contribution in [0.3, 0.4) is 0 Å². The smallest absolute Gasteiger partial charge is 0.264 e. The molecule has 1 saturated heterocycles. The largest absolute Gasteiger partial charge is 0.480 e. The summed E-state index contributed by atoms with van der Waals surface area (Å²) in [6, 6.07) is 7.85. The summed E-state index contributed by atoms with van der Waals surface area (Å²) in [4.78, 5) is 19.3. The molecule has 0 bridgehead atoms. The SMILES string of the molecule is CCc1nc([C@@H]2CN(C(=O)[C@H]3Oc4ccccc4[C@@H]3C)CCO2)n[nH]1. The third-order valence-corrected chi connectivity index (χ3v) is 4.91. The first-order chi connectivity index (χ1) is 12.2. The highest BCUT2D eigenvalue weighted by molar-refractivity contribution is 5.83. The van der Waals surface area contributed by atoms with Crippen molar-refractivity contribution < 1.29 is 14.3 Å². The third kappa shape index (κ3) is 2.89. The standard InChI is InChI=1S/C18H22N4O3/c1-3-15-19-17(21-20-15)14-10-22(8-9-24-14)18(23)16-11(2)12-6-4-5-7-13(12)25-16/h4-7,11,14,16H,3,8-10H2,1-2H3,(H,19,20,21)/t11-,14-,16-/m0/s1. The van der Waals surface area contributed by atoms with Crippen molar-refractivity contribution in [1.82, 2.24) is 20.1 Å². The highest BCUT2D eigenvalue weighted by Gasteiger charge is 2.40. The van der Waals surface area contributed by atoms with Gasteiger partial charge in [-0.15, -0.1) is 0 Å². The molecule has 0 spiro atoms.